The number of nitrogens with zero attached hydrogens (tertiary/aromatic N) is 3. The normalized spacial score (nSPS) is 24.0. The second-order valence-corrected chi connectivity index (χ2v) is 4.14. The molecule has 1 fully saturated rings. The molecule has 3 nitrogen and oxygen atoms in total. The molecule has 1 aliphatic heterocycles. The fourth-order valence-electron chi connectivity index (χ4n) is 1.76. The summed E-state index contributed by atoms with van der Waals surface area (Å²) in [6.45, 7) is 2.11. The Bertz CT molecular complexity index is 278. The monoisotopic (exact) mass is 211 g/mol. The number of halogens is 1. The summed E-state index contributed by atoms with van der Waals surface area (Å²) < 4.78 is 0. The smallest absolute Gasteiger partial charge is 0.196 e. The van der Waals surface area contributed by atoms with Crippen LogP contribution in [0, 0.1) is 12.3 Å². The average molecular weight is 212 g/mol. The molecule has 1 saturated carbocycles. The Labute approximate surface area is 89.7 Å². The van der Waals surface area contributed by atoms with Crippen LogP contribution in [0.25, 0.3) is 0 Å². The Morgan fingerprint density at radius 3 is 2.93 bits per heavy atom. The number of hydrogen-bond acceptors (Lipinski definition) is 3. The first kappa shape index (κ1) is 9.82. The maximum atomic E-state index is 6.05. The van der Waals surface area contributed by atoms with Gasteiger partial charge in [0.25, 0.3) is 0 Å². The molecule has 76 valence electrons. The van der Waals surface area contributed by atoms with Gasteiger partial charge in [0.2, 0.25) is 0 Å². The van der Waals surface area contributed by atoms with E-state index >= 15 is 0 Å². The van der Waals surface area contributed by atoms with Gasteiger partial charge >= 0.3 is 0 Å². The van der Waals surface area contributed by atoms with Crippen molar-refractivity contribution in [2.24, 2.45) is 4.99 Å². The highest BCUT2D eigenvalue weighted by Crippen LogP contribution is 2.27. The molecule has 1 aliphatic carbocycles. The molecule has 0 aromatic carbocycles. The molecule has 1 heterocycles. The summed E-state index contributed by atoms with van der Waals surface area (Å²) in [6, 6.07) is 0.590. The van der Waals surface area contributed by atoms with Crippen LogP contribution >= 0.6 is 11.6 Å². The summed E-state index contributed by atoms with van der Waals surface area (Å²) in [4.78, 5) is 8.53. The first-order valence-corrected chi connectivity index (χ1v) is 5.31. The van der Waals surface area contributed by atoms with Crippen LogP contribution in [0.2, 0.25) is 0 Å². The molecule has 0 atom stereocenters. The zero-order valence-corrected chi connectivity index (χ0v) is 8.87. The molecule has 2 aliphatic rings. The lowest BCUT2D eigenvalue weighted by Crippen LogP contribution is -2.51. The summed E-state index contributed by atoms with van der Waals surface area (Å²) in [5.41, 5.74) is 0. The molecule has 0 saturated heterocycles. The van der Waals surface area contributed by atoms with E-state index in [4.69, 9.17) is 18.0 Å². The van der Waals surface area contributed by atoms with Gasteiger partial charge in [-0.3, -0.25) is 4.90 Å². The molecule has 0 bridgehead atoms. The van der Waals surface area contributed by atoms with Crippen molar-refractivity contribution < 1.29 is 0 Å². The fraction of sp³-hybridized carbons (Fsp3) is 0.700. The van der Waals surface area contributed by atoms with Crippen LogP contribution < -0.4 is 0 Å². The quantitative estimate of drug-likeness (QED) is 0.507. The Morgan fingerprint density at radius 2 is 2.36 bits per heavy atom. The van der Waals surface area contributed by atoms with E-state index in [-0.39, 0.29) is 0 Å². The SMILES string of the molecule is C#CCN1CN=C(Cl)N(C2CCC2)C1. The maximum Gasteiger partial charge on any atom is 0.196 e. The second kappa shape index (κ2) is 4.20. The number of hydrogen-bond donors (Lipinski definition) is 0. The van der Waals surface area contributed by atoms with Gasteiger partial charge < -0.3 is 4.90 Å². The summed E-state index contributed by atoms with van der Waals surface area (Å²) in [6.07, 6.45) is 9.04. The topological polar surface area (TPSA) is 18.8 Å². The van der Waals surface area contributed by atoms with Gasteiger partial charge in [-0.1, -0.05) is 5.92 Å². The van der Waals surface area contributed by atoms with Crippen molar-refractivity contribution in [2.75, 3.05) is 19.9 Å². The minimum absolute atomic E-state index is 0.590. The zero-order chi connectivity index (χ0) is 9.97. The van der Waals surface area contributed by atoms with Gasteiger partial charge in [0.15, 0.2) is 5.29 Å². The van der Waals surface area contributed by atoms with Crippen molar-refractivity contribution in [3.05, 3.63) is 0 Å². The van der Waals surface area contributed by atoms with Crippen molar-refractivity contribution in [3.63, 3.8) is 0 Å². The lowest BCUT2D eigenvalue weighted by molar-refractivity contribution is 0.117. The summed E-state index contributed by atoms with van der Waals surface area (Å²) in [5.74, 6) is 2.63. The van der Waals surface area contributed by atoms with Gasteiger partial charge in [0.05, 0.1) is 19.9 Å². The highest BCUT2D eigenvalue weighted by atomic mass is 35.5. The standard InChI is InChI=1S/C10H14ClN3/c1-2-6-13-7-12-10(11)14(8-13)9-4-3-5-9/h1,9H,3-8H2. The zero-order valence-electron chi connectivity index (χ0n) is 8.12. The van der Waals surface area contributed by atoms with Crippen LogP contribution in [0.5, 0.6) is 0 Å². The Hall–Kier alpha value is -0.720. The lowest BCUT2D eigenvalue weighted by atomic mass is 9.92. The highest BCUT2D eigenvalue weighted by Gasteiger charge is 2.29. The van der Waals surface area contributed by atoms with E-state index in [1.54, 1.807) is 0 Å². The van der Waals surface area contributed by atoms with Crippen molar-refractivity contribution in [2.45, 2.75) is 25.3 Å². The third kappa shape index (κ3) is 1.87. The minimum Gasteiger partial charge on any atom is -0.331 e. The molecule has 4 heteroatoms. The van der Waals surface area contributed by atoms with Gasteiger partial charge in [0.1, 0.15) is 0 Å². The number of terminal acetylenes is 1. The summed E-state index contributed by atoms with van der Waals surface area (Å²) in [7, 11) is 0. The van der Waals surface area contributed by atoms with E-state index < -0.39 is 0 Å². The average Bonchev–Trinajstić information content (AvgIpc) is 2.08. The lowest BCUT2D eigenvalue weighted by Gasteiger charge is -2.42. The molecule has 0 amide bonds. The van der Waals surface area contributed by atoms with E-state index in [1.165, 1.54) is 19.3 Å². The van der Waals surface area contributed by atoms with Crippen molar-refractivity contribution >= 4 is 16.9 Å². The molecular formula is C10H14ClN3. The van der Waals surface area contributed by atoms with Crippen LogP contribution in [0.3, 0.4) is 0 Å². The van der Waals surface area contributed by atoms with Crippen LogP contribution in [-0.2, 0) is 0 Å². The van der Waals surface area contributed by atoms with Crippen LogP contribution in [0.1, 0.15) is 19.3 Å². The summed E-state index contributed by atoms with van der Waals surface area (Å²) >= 11 is 6.05. The third-order valence-electron chi connectivity index (χ3n) is 2.82. The van der Waals surface area contributed by atoms with Gasteiger partial charge in [-0.25, -0.2) is 4.99 Å². The largest absolute Gasteiger partial charge is 0.331 e. The van der Waals surface area contributed by atoms with Crippen LogP contribution in [-0.4, -0.2) is 41.0 Å². The van der Waals surface area contributed by atoms with E-state index in [0.29, 0.717) is 24.6 Å². The number of amidine groups is 1. The van der Waals surface area contributed by atoms with Crippen LogP contribution in [0.4, 0.5) is 0 Å². The van der Waals surface area contributed by atoms with Gasteiger partial charge in [-0.05, 0) is 30.9 Å². The molecular weight excluding hydrogens is 198 g/mol. The van der Waals surface area contributed by atoms with E-state index in [2.05, 4.69) is 20.7 Å². The predicted molar refractivity (Wildman–Crippen MR) is 58.0 cm³/mol. The molecule has 0 spiro atoms. The van der Waals surface area contributed by atoms with Crippen molar-refractivity contribution in [3.8, 4) is 12.3 Å². The molecule has 0 N–H and O–H groups in total. The fourth-order valence-corrected chi connectivity index (χ4v) is 2.01. The molecule has 0 radical (unpaired) electrons. The molecule has 2 rings (SSSR count). The Kier molecular flexibility index (Phi) is 2.95. The second-order valence-electron chi connectivity index (χ2n) is 3.80. The van der Waals surface area contributed by atoms with E-state index in [9.17, 15) is 0 Å². The number of rotatable bonds is 2. The van der Waals surface area contributed by atoms with Crippen LogP contribution in [0.15, 0.2) is 4.99 Å². The van der Waals surface area contributed by atoms with Crippen molar-refractivity contribution in [1.29, 1.82) is 0 Å². The molecule has 0 aromatic rings. The van der Waals surface area contributed by atoms with E-state index in [1.807, 2.05) is 0 Å². The predicted octanol–water partition coefficient (Wildman–Crippen LogP) is 1.30. The molecule has 0 unspecified atom stereocenters. The molecule has 0 aromatic heterocycles. The maximum absolute atomic E-state index is 6.05. The highest BCUT2D eigenvalue weighted by molar-refractivity contribution is 6.64. The third-order valence-corrected chi connectivity index (χ3v) is 3.16. The first-order chi connectivity index (χ1) is 6.81. The van der Waals surface area contributed by atoms with E-state index in [0.717, 1.165) is 6.67 Å². The van der Waals surface area contributed by atoms with Gasteiger partial charge in [-0.15, -0.1) is 6.42 Å². The Balaban J connectivity index is 1.98. The van der Waals surface area contributed by atoms with Gasteiger partial charge in [-0.2, -0.15) is 0 Å². The Morgan fingerprint density at radius 1 is 1.57 bits per heavy atom. The van der Waals surface area contributed by atoms with Crippen molar-refractivity contribution in [1.82, 2.24) is 9.80 Å². The van der Waals surface area contributed by atoms with Gasteiger partial charge in [0, 0.05) is 6.04 Å². The summed E-state index contributed by atoms with van der Waals surface area (Å²) in [5, 5.41) is 0.656. The molecule has 14 heavy (non-hydrogen) atoms. The minimum atomic E-state index is 0.590. The number of aliphatic imine (C=N–C) groups is 1. The first-order valence-electron chi connectivity index (χ1n) is 4.93.